The van der Waals surface area contributed by atoms with E-state index < -0.39 is 0 Å². The van der Waals surface area contributed by atoms with Crippen LogP contribution in [0.5, 0.6) is 5.75 Å². The van der Waals surface area contributed by atoms with Gasteiger partial charge < -0.3 is 4.74 Å². The first-order chi connectivity index (χ1) is 6.99. The molecule has 0 saturated heterocycles. The van der Waals surface area contributed by atoms with E-state index in [2.05, 4.69) is 12.6 Å². The molecule has 0 spiro atoms. The van der Waals surface area contributed by atoms with E-state index in [1.54, 1.807) is 13.2 Å². The Morgan fingerprint density at radius 3 is 2.33 bits per heavy atom. The molecular weight excluding hydrogens is 253 g/mol. The molecule has 0 aromatic heterocycles. The Morgan fingerprint density at radius 1 is 1.27 bits per heavy atom. The highest BCUT2D eigenvalue weighted by Crippen LogP contribution is 2.39. The first kappa shape index (κ1) is 13.0. The molecular formula is C10H13Cl2NOS. The van der Waals surface area contributed by atoms with Crippen molar-refractivity contribution < 1.29 is 4.74 Å². The van der Waals surface area contributed by atoms with Crippen LogP contribution in [-0.4, -0.2) is 26.1 Å². The van der Waals surface area contributed by atoms with E-state index in [-0.39, 0.29) is 5.37 Å². The number of methoxy groups -OCH3 is 1. The normalized spacial score (nSPS) is 13.0. The number of rotatable bonds is 3. The molecule has 0 bridgehead atoms. The van der Waals surface area contributed by atoms with Crippen LogP contribution in [0.3, 0.4) is 0 Å². The van der Waals surface area contributed by atoms with Gasteiger partial charge in [-0.05, 0) is 25.7 Å². The molecule has 1 aromatic carbocycles. The SMILES string of the molecule is COc1ccc(C(S)N(C)C)c(Cl)c1Cl. The highest BCUT2D eigenvalue weighted by molar-refractivity contribution is 7.80. The van der Waals surface area contributed by atoms with Crippen molar-refractivity contribution in [2.45, 2.75) is 5.37 Å². The highest BCUT2D eigenvalue weighted by Gasteiger charge is 2.17. The lowest BCUT2D eigenvalue weighted by Crippen LogP contribution is -2.15. The first-order valence-corrected chi connectivity index (χ1v) is 5.62. The molecule has 0 fully saturated rings. The molecule has 0 aliphatic carbocycles. The van der Waals surface area contributed by atoms with Gasteiger partial charge in [-0.2, -0.15) is 12.6 Å². The third kappa shape index (κ3) is 2.72. The number of hydrogen-bond donors (Lipinski definition) is 1. The van der Waals surface area contributed by atoms with E-state index in [0.717, 1.165) is 5.56 Å². The average Bonchev–Trinajstić information content (AvgIpc) is 2.21. The summed E-state index contributed by atoms with van der Waals surface area (Å²) in [5, 5.41) is 0.836. The van der Waals surface area contributed by atoms with Gasteiger partial charge in [0.2, 0.25) is 0 Å². The van der Waals surface area contributed by atoms with Crippen LogP contribution >= 0.6 is 35.8 Å². The predicted octanol–water partition coefficient (Wildman–Crippen LogP) is 3.49. The third-order valence-corrected chi connectivity index (χ3v) is 3.68. The lowest BCUT2D eigenvalue weighted by atomic mass is 10.2. The van der Waals surface area contributed by atoms with Gasteiger partial charge in [0, 0.05) is 0 Å². The van der Waals surface area contributed by atoms with E-state index in [4.69, 9.17) is 27.9 Å². The Bertz CT molecular complexity index is 358. The van der Waals surface area contributed by atoms with Crippen molar-refractivity contribution in [3.8, 4) is 5.75 Å². The summed E-state index contributed by atoms with van der Waals surface area (Å²) in [7, 11) is 5.40. The second-order valence-electron chi connectivity index (χ2n) is 3.32. The fourth-order valence-corrected chi connectivity index (χ4v) is 1.98. The molecule has 0 saturated carbocycles. The minimum absolute atomic E-state index is 0.0825. The summed E-state index contributed by atoms with van der Waals surface area (Å²) in [4.78, 5) is 1.94. The third-order valence-electron chi connectivity index (χ3n) is 2.06. The monoisotopic (exact) mass is 265 g/mol. The molecule has 2 nitrogen and oxygen atoms in total. The van der Waals surface area contributed by atoms with Crippen LogP contribution < -0.4 is 4.74 Å². The van der Waals surface area contributed by atoms with E-state index in [0.29, 0.717) is 15.8 Å². The number of benzene rings is 1. The van der Waals surface area contributed by atoms with Crippen molar-refractivity contribution in [1.82, 2.24) is 4.90 Å². The summed E-state index contributed by atoms with van der Waals surface area (Å²) in [6, 6.07) is 3.65. The van der Waals surface area contributed by atoms with Crippen molar-refractivity contribution in [2.75, 3.05) is 21.2 Å². The summed E-state index contributed by atoms with van der Waals surface area (Å²) < 4.78 is 5.07. The van der Waals surface area contributed by atoms with Gasteiger partial charge in [0.15, 0.2) is 0 Å². The van der Waals surface area contributed by atoms with Crippen LogP contribution in [0, 0.1) is 0 Å². The number of ether oxygens (including phenoxy) is 1. The Labute approximate surface area is 106 Å². The van der Waals surface area contributed by atoms with Gasteiger partial charge >= 0.3 is 0 Å². The molecule has 1 rings (SSSR count). The zero-order valence-electron chi connectivity index (χ0n) is 8.79. The molecule has 0 aliphatic heterocycles. The van der Waals surface area contributed by atoms with E-state index in [1.165, 1.54) is 0 Å². The number of halogens is 2. The first-order valence-electron chi connectivity index (χ1n) is 4.35. The van der Waals surface area contributed by atoms with Gasteiger partial charge in [-0.25, -0.2) is 0 Å². The standard InChI is InChI=1S/C10H13Cl2NOS/c1-13(2)10(15)6-4-5-7(14-3)9(12)8(6)11/h4-5,10,15H,1-3H3. The minimum Gasteiger partial charge on any atom is -0.495 e. The summed E-state index contributed by atoms with van der Waals surface area (Å²) in [6.07, 6.45) is 0. The fourth-order valence-electron chi connectivity index (χ4n) is 1.18. The van der Waals surface area contributed by atoms with Gasteiger partial charge in [0.25, 0.3) is 0 Å². The molecule has 84 valence electrons. The zero-order chi connectivity index (χ0) is 11.6. The predicted molar refractivity (Wildman–Crippen MR) is 68.4 cm³/mol. The quantitative estimate of drug-likeness (QED) is 0.664. The molecule has 1 aromatic rings. The van der Waals surface area contributed by atoms with Crippen LogP contribution in [0.2, 0.25) is 10.0 Å². The van der Waals surface area contributed by atoms with Gasteiger partial charge in [-0.1, -0.05) is 29.3 Å². The van der Waals surface area contributed by atoms with Crippen LogP contribution in [-0.2, 0) is 0 Å². The lowest BCUT2D eigenvalue weighted by molar-refractivity contribution is 0.392. The summed E-state index contributed by atoms with van der Waals surface area (Å²) in [5.74, 6) is 0.574. The number of nitrogens with zero attached hydrogens (tertiary/aromatic N) is 1. The van der Waals surface area contributed by atoms with Crippen molar-refractivity contribution in [3.05, 3.63) is 27.7 Å². The minimum atomic E-state index is -0.0825. The number of thiol groups is 1. The van der Waals surface area contributed by atoms with Gasteiger partial charge in [0.05, 0.1) is 17.5 Å². The topological polar surface area (TPSA) is 12.5 Å². The Hall–Kier alpha value is -0.0900. The molecule has 15 heavy (non-hydrogen) atoms. The molecule has 0 amide bonds. The Balaban J connectivity index is 3.17. The molecule has 0 heterocycles. The van der Waals surface area contributed by atoms with Gasteiger partial charge in [-0.15, -0.1) is 0 Å². The van der Waals surface area contributed by atoms with Crippen LogP contribution in [0.15, 0.2) is 12.1 Å². The summed E-state index contributed by atoms with van der Waals surface area (Å²) in [6.45, 7) is 0. The second kappa shape index (κ2) is 5.30. The van der Waals surface area contributed by atoms with E-state index >= 15 is 0 Å². The maximum atomic E-state index is 6.13. The molecule has 1 unspecified atom stereocenters. The van der Waals surface area contributed by atoms with Crippen LogP contribution in [0.1, 0.15) is 10.9 Å². The molecule has 0 radical (unpaired) electrons. The van der Waals surface area contributed by atoms with Crippen molar-refractivity contribution in [2.24, 2.45) is 0 Å². The molecule has 0 aliphatic rings. The van der Waals surface area contributed by atoms with Gasteiger partial charge in [0.1, 0.15) is 10.8 Å². The molecule has 1 atom stereocenters. The van der Waals surface area contributed by atoms with Crippen molar-refractivity contribution >= 4 is 35.8 Å². The average molecular weight is 266 g/mol. The van der Waals surface area contributed by atoms with E-state index in [1.807, 2.05) is 25.1 Å². The number of hydrogen-bond acceptors (Lipinski definition) is 3. The second-order valence-corrected chi connectivity index (χ2v) is 4.57. The fraction of sp³-hybridized carbons (Fsp3) is 0.400. The Kier molecular flexibility index (Phi) is 4.59. The maximum Gasteiger partial charge on any atom is 0.139 e. The van der Waals surface area contributed by atoms with Gasteiger partial charge in [-0.3, -0.25) is 4.90 Å². The zero-order valence-corrected chi connectivity index (χ0v) is 11.2. The van der Waals surface area contributed by atoms with Crippen molar-refractivity contribution in [3.63, 3.8) is 0 Å². The van der Waals surface area contributed by atoms with Crippen LogP contribution in [0.4, 0.5) is 0 Å². The molecule has 5 heteroatoms. The summed E-state index contributed by atoms with van der Waals surface area (Å²) in [5.41, 5.74) is 0.871. The Morgan fingerprint density at radius 2 is 1.87 bits per heavy atom. The largest absolute Gasteiger partial charge is 0.495 e. The lowest BCUT2D eigenvalue weighted by Gasteiger charge is -2.21. The van der Waals surface area contributed by atoms with E-state index in [9.17, 15) is 0 Å². The maximum absolute atomic E-state index is 6.13. The van der Waals surface area contributed by atoms with Crippen LogP contribution in [0.25, 0.3) is 0 Å². The smallest absolute Gasteiger partial charge is 0.139 e. The summed E-state index contributed by atoms with van der Waals surface area (Å²) >= 11 is 16.6. The highest BCUT2D eigenvalue weighted by atomic mass is 35.5. The molecule has 0 N–H and O–H groups in total. The van der Waals surface area contributed by atoms with Crippen molar-refractivity contribution in [1.29, 1.82) is 0 Å².